The molecule has 188 valence electrons. The van der Waals surface area contributed by atoms with E-state index in [1.165, 1.54) is 11.0 Å². The van der Waals surface area contributed by atoms with Crippen LogP contribution in [-0.2, 0) is 9.59 Å². The highest BCUT2D eigenvalue weighted by molar-refractivity contribution is 6.01. The first-order valence-corrected chi connectivity index (χ1v) is 12.5. The van der Waals surface area contributed by atoms with Crippen molar-refractivity contribution in [2.75, 3.05) is 11.4 Å². The Morgan fingerprint density at radius 2 is 1.38 bits per heavy atom. The fourth-order valence-corrected chi connectivity index (χ4v) is 5.46. The van der Waals surface area contributed by atoms with Crippen LogP contribution in [0.1, 0.15) is 24.8 Å². The van der Waals surface area contributed by atoms with Gasteiger partial charge in [-0.15, -0.1) is 0 Å². The van der Waals surface area contributed by atoms with E-state index in [2.05, 4.69) is 0 Å². The average Bonchev–Trinajstić information content (AvgIpc) is 2.92. The normalized spacial score (nSPS) is 21.0. The molecule has 3 amide bonds. The van der Waals surface area contributed by atoms with Crippen LogP contribution in [0.3, 0.4) is 0 Å². The van der Waals surface area contributed by atoms with E-state index >= 15 is 0 Å². The number of carboxylic acid groups (broad SMARTS) is 1. The van der Waals surface area contributed by atoms with Gasteiger partial charge in [-0.3, -0.25) is 9.69 Å². The molecule has 2 heterocycles. The lowest BCUT2D eigenvalue weighted by atomic mass is 9.85. The zero-order valence-electron chi connectivity index (χ0n) is 20.4. The van der Waals surface area contributed by atoms with Gasteiger partial charge in [-0.05, 0) is 55.2 Å². The van der Waals surface area contributed by atoms with Crippen LogP contribution in [-0.4, -0.2) is 57.5 Å². The van der Waals surface area contributed by atoms with Crippen LogP contribution in [0, 0.1) is 0 Å². The lowest BCUT2D eigenvalue weighted by Crippen LogP contribution is -2.70. The number of para-hydroxylation sites is 2. The molecule has 1 N–H and O–H groups in total. The van der Waals surface area contributed by atoms with Crippen molar-refractivity contribution < 1.29 is 19.5 Å². The third kappa shape index (κ3) is 4.98. The summed E-state index contributed by atoms with van der Waals surface area (Å²) in [6.07, 6.45) is 5.32. The summed E-state index contributed by atoms with van der Waals surface area (Å²) in [5, 5.41) is 10.3. The fraction of sp³-hybridized carbons (Fsp3) is 0.233. The number of hydrogen-bond donors (Lipinski definition) is 1. The molecule has 3 aromatic carbocycles. The third-order valence-electron chi connectivity index (χ3n) is 7.09. The highest BCUT2D eigenvalue weighted by Crippen LogP contribution is 2.36. The predicted molar refractivity (Wildman–Crippen MR) is 142 cm³/mol. The SMILES string of the molecule is O=C(O)[C@@H]1[C@H]2CCC[C@@H](CN1C(=O)N(c1ccccc1)c1ccccc1)N2C(=O)/C=C/c1ccccc1. The largest absolute Gasteiger partial charge is 0.480 e. The number of likely N-dealkylation sites (tertiary alicyclic amines) is 1. The van der Waals surface area contributed by atoms with Gasteiger partial charge in [0.15, 0.2) is 6.04 Å². The predicted octanol–water partition coefficient (Wildman–Crippen LogP) is 5.18. The van der Waals surface area contributed by atoms with Crippen LogP contribution in [0.25, 0.3) is 6.08 Å². The van der Waals surface area contributed by atoms with Crippen molar-refractivity contribution in [1.29, 1.82) is 0 Å². The van der Waals surface area contributed by atoms with Crippen molar-refractivity contribution in [1.82, 2.24) is 9.80 Å². The lowest BCUT2D eigenvalue weighted by Gasteiger charge is -2.53. The molecule has 5 rings (SSSR count). The van der Waals surface area contributed by atoms with Gasteiger partial charge in [-0.1, -0.05) is 66.7 Å². The Morgan fingerprint density at radius 3 is 1.95 bits per heavy atom. The average molecular weight is 496 g/mol. The maximum absolute atomic E-state index is 14.1. The van der Waals surface area contributed by atoms with Crippen LogP contribution in [0.4, 0.5) is 16.2 Å². The van der Waals surface area contributed by atoms with Crippen LogP contribution >= 0.6 is 0 Å². The molecular weight excluding hydrogens is 466 g/mol. The molecule has 0 radical (unpaired) electrons. The van der Waals surface area contributed by atoms with Gasteiger partial charge >= 0.3 is 12.0 Å². The number of piperidine rings is 1. The molecule has 0 unspecified atom stereocenters. The summed E-state index contributed by atoms with van der Waals surface area (Å²) in [5.41, 5.74) is 2.19. The van der Waals surface area contributed by atoms with Crippen molar-refractivity contribution >= 4 is 35.4 Å². The smallest absolute Gasteiger partial charge is 0.329 e. The number of piperazine rings is 1. The van der Waals surface area contributed by atoms with E-state index < -0.39 is 24.1 Å². The minimum Gasteiger partial charge on any atom is -0.480 e. The number of aliphatic carboxylic acids is 1. The van der Waals surface area contributed by atoms with E-state index in [0.717, 1.165) is 12.0 Å². The maximum atomic E-state index is 14.1. The fourth-order valence-electron chi connectivity index (χ4n) is 5.46. The Hall–Kier alpha value is -4.39. The van der Waals surface area contributed by atoms with Crippen molar-refractivity contribution in [2.45, 2.75) is 37.4 Å². The Kier molecular flexibility index (Phi) is 7.03. The Balaban J connectivity index is 1.47. The van der Waals surface area contributed by atoms with Crippen LogP contribution in [0.15, 0.2) is 97.1 Å². The summed E-state index contributed by atoms with van der Waals surface area (Å²) < 4.78 is 0. The van der Waals surface area contributed by atoms with Gasteiger partial charge in [0.05, 0.1) is 23.5 Å². The van der Waals surface area contributed by atoms with Gasteiger partial charge in [-0.25, -0.2) is 9.59 Å². The topological polar surface area (TPSA) is 81.2 Å². The lowest BCUT2D eigenvalue weighted by molar-refractivity contribution is -0.155. The Bertz CT molecular complexity index is 1240. The van der Waals surface area contributed by atoms with Gasteiger partial charge in [0.25, 0.3) is 0 Å². The number of amides is 3. The number of rotatable bonds is 5. The van der Waals surface area contributed by atoms with Gasteiger partial charge in [0.1, 0.15) is 0 Å². The summed E-state index contributed by atoms with van der Waals surface area (Å²) in [4.78, 5) is 44.8. The standard InChI is InChI=1S/C30H29N3O4/c34-27(20-19-22-11-4-1-5-12-22)33-25-17-10-18-26(33)28(29(35)36)31(21-25)30(37)32(23-13-6-2-7-14-23)24-15-8-3-9-16-24/h1-9,11-16,19-20,25-26,28H,10,17-18,21H2,(H,35,36)/b20-19+/t25-,26+,28-/m0/s1. The second-order valence-corrected chi connectivity index (χ2v) is 9.37. The molecule has 2 saturated heterocycles. The first kappa shape index (κ1) is 24.3. The number of urea groups is 1. The van der Waals surface area contributed by atoms with Crippen molar-refractivity contribution in [3.8, 4) is 0 Å². The monoisotopic (exact) mass is 495 g/mol. The number of benzene rings is 3. The van der Waals surface area contributed by atoms with Crippen LogP contribution in [0.2, 0.25) is 0 Å². The van der Waals surface area contributed by atoms with E-state index in [1.54, 1.807) is 15.9 Å². The first-order chi connectivity index (χ1) is 18.0. The second-order valence-electron chi connectivity index (χ2n) is 9.37. The number of hydrogen-bond acceptors (Lipinski definition) is 3. The van der Waals surface area contributed by atoms with Gasteiger partial charge in [0, 0.05) is 12.6 Å². The zero-order valence-corrected chi connectivity index (χ0v) is 20.4. The molecule has 2 bridgehead atoms. The summed E-state index contributed by atoms with van der Waals surface area (Å²) in [5.74, 6) is -1.33. The Morgan fingerprint density at radius 1 is 0.811 bits per heavy atom. The minimum absolute atomic E-state index is 0.160. The molecule has 7 nitrogen and oxygen atoms in total. The van der Waals surface area contributed by atoms with Gasteiger partial charge in [0.2, 0.25) is 5.91 Å². The van der Waals surface area contributed by atoms with Crippen LogP contribution < -0.4 is 4.90 Å². The number of carbonyl (C=O) groups is 3. The summed E-state index contributed by atoms with van der Waals surface area (Å²) in [6.45, 7) is 0.160. The number of nitrogens with zero attached hydrogens (tertiary/aromatic N) is 3. The number of carbonyl (C=O) groups excluding carboxylic acids is 2. The zero-order chi connectivity index (χ0) is 25.8. The maximum Gasteiger partial charge on any atom is 0.329 e. The molecule has 3 atom stereocenters. The summed E-state index contributed by atoms with van der Waals surface area (Å²) >= 11 is 0. The number of fused-ring (bicyclic) bond motifs is 2. The molecule has 37 heavy (non-hydrogen) atoms. The van der Waals surface area contributed by atoms with Crippen LogP contribution in [0.5, 0.6) is 0 Å². The van der Waals surface area contributed by atoms with E-state index in [0.29, 0.717) is 24.2 Å². The summed E-state index contributed by atoms with van der Waals surface area (Å²) in [7, 11) is 0. The molecule has 0 aromatic heterocycles. The van der Waals surface area contributed by atoms with E-state index in [4.69, 9.17) is 0 Å². The molecule has 0 spiro atoms. The Labute approximate surface area is 216 Å². The second kappa shape index (κ2) is 10.7. The molecule has 7 heteroatoms. The van der Waals surface area contributed by atoms with Crippen molar-refractivity contribution in [3.63, 3.8) is 0 Å². The first-order valence-electron chi connectivity index (χ1n) is 12.5. The quantitative estimate of drug-likeness (QED) is 0.495. The van der Waals surface area contributed by atoms with Crippen molar-refractivity contribution in [2.24, 2.45) is 0 Å². The summed E-state index contributed by atoms with van der Waals surface area (Å²) in [6, 6.07) is 25.5. The van der Waals surface area contributed by atoms with Gasteiger partial charge < -0.3 is 14.9 Å². The highest BCUT2D eigenvalue weighted by Gasteiger charge is 2.51. The molecular formula is C30H29N3O4. The molecule has 2 aliphatic heterocycles. The van der Waals surface area contributed by atoms with E-state index in [1.807, 2.05) is 91.0 Å². The van der Waals surface area contributed by atoms with Crippen molar-refractivity contribution in [3.05, 3.63) is 103 Å². The highest BCUT2D eigenvalue weighted by atomic mass is 16.4. The number of anilines is 2. The molecule has 0 saturated carbocycles. The number of carboxylic acids is 1. The molecule has 2 aliphatic rings. The molecule has 0 aliphatic carbocycles. The third-order valence-corrected chi connectivity index (χ3v) is 7.09. The van der Waals surface area contributed by atoms with E-state index in [9.17, 15) is 19.5 Å². The molecule has 3 aromatic rings. The van der Waals surface area contributed by atoms with E-state index in [-0.39, 0.29) is 18.5 Å². The van der Waals surface area contributed by atoms with Gasteiger partial charge in [-0.2, -0.15) is 0 Å². The molecule has 2 fully saturated rings. The minimum atomic E-state index is -1.15.